The van der Waals surface area contributed by atoms with Crippen molar-refractivity contribution >= 4 is 11.6 Å². The Kier molecular flexibility index (Phi) is 5.62. The molecule has 24 heavy (non-hydrogen) atoms. The lowest BCUT2D eigenvalue weighted by Gasteiger charge is -2.19. The molecule has 0 aliphatic carbocycles. The van der Waals surface area contributed by atoms with Gasteiger partial charge in [-0.05, 0) is 37.2 Å². The van der Waals surface area contributed by atoms with Gasteiger partial charge in [0.25, 0.3) is 0 Å². The van der Waals surface area contributed by atoms with Gasteiger partial charge in [0, 0.05) is 6.54 Å². The molecular formula is C18H19F3N2O. The summed E-state index contributed by atoms with van der Waals surface area (Å²) in [5.41, 5.74) is 1.11. The SMILES string of the molecule is Cc1ccccc1CN(C)CC(=O)Nc1ccccc1C(F)(F)F. The van der Waals surface area contributed by atoms with Crippen molar-refractivity contribution in [2.24, 2.45) is 0 Å². The average molecular weight is 336 g/mol. The van der Waals surface area contributed by atoms with E-state index in [1.165, 1.54) is 18.2 Å². The second-order valence-electron chi connectivity index (χ2n) is 5.69. The van der Waals surface area contributed by atoms with Crippen LogP contribution in [-0.4, -0.2) is 24.4 Å². The lowest BCUT2D eigenvalue weighted by molar-refractivity contribution is -0.137. The molecule has 2 rings (SSSR count). The Morgan fingerprint density at radius 1 is 1.08 bits per heavy atom. The van der Waals surface area contributed by atoms with Crippen molar-refractivity contribution in [3.05, 3.63) is 65.2 Å². The molecule has 0 spiro atoms. The minimum Gasteiger partial charge on any atom is -0.324 e. The molecule has 3 nitrogen and oxygen atoms in total. The second-order valence-corrected chi connectivity index (χ2v) is 5.69. The fraction of sp³-hybridized carbons (Fsp3) is 0.278. The number of likely N-dealkylation sites (N-methyl/N-ethyl adjacent to an activating group) is 1. The molecule has 0 aromatic heterocycles. The first-order valence-electron chi connectivity index (χ1n) is 7.46. The summed E-state index contributed by atoms with van der Waals surface area (Å²) in [6.45, 7) is 2.52. The fourth-order valence-corrected chi connectivity index (χ4v) is 2.41. The Labute approximate surface area is 139 Å². The molecule has 0 aliphatic rings. The summed E-state index contributed by atoms with van der Waals surface area (Å²) in [5.74, 6) is -0.484. The Morgan fingerprint density at radius 2 is 1.71 bits per heavy atom. The van der Waals surface area contributed by atoms with E-state index in [1.807, 2.05) is 31.2 Å². The summed E-state index contributed by atoms with van der Waals surface area (Å²) in [6.07, 6.45) is -4.50. The Morgan fingerprint density at radius 3 is 2.38 bits per heavy atom. The number of aryl methyl sites for hydroxylation is 1. The molecule has 0 radical (unpaired) electrons. The highest BCUT2D eigenvalue weighted by Crippen LogP contribution is 2.34. The van der Waals surface area contributed by atoms with Crippen LogP contribution in [-0.2, 0) is 17.5 Å². The van der Waals surface area contributed by atoms with E-state index in [0.717, 1.165) is 17.2 Å². The smallest absolute Gasteiger partial charge is 0.324 e. The minimum absolute atomic E-state index is 0.000522. The highest BCUT2D eigenvalue weighted by atomic mass is 19.4. The van der Waals surface area contributed by atoms with Crippen LogP contribution >= 0.6 is 0 Å². The number of alkyl halides is 3. The van der Waals surface area contributed by atoms with E-state index >= 15 is 0 Å². The van der Waals surface area contributed by atoms with Crippen LogP contribution in [0.25, 0.3) is 0 Å². The number of nitrogens with zero attached hydrogens (tertiary/aromatic N) is 1. The predicted octanol–water partition coefficient (Wildman–Crippen LogP) is 4.08. The van der Waals surface area contributed by atoms with Crippen LogP contribution in [0.5, 0.6) is 0 Å². The highest BCUT2D eigenvalue weighted by Gasteiger charge is 2.33. The monoisotopic (exact) mass is 336 g/mol. The first-order chi connectivity index (χ1) is 11.3. The van der Waals surface area contributed by atoms with Crippen LogP contribution in [0.2, 0.25) is 0 Å². The van der Waals surface area contributed by atoms with Gasteiger partial charge in [-0.15, -0.1) is 0 Å². The zero-order valence-corrected chi connectivity index (χ0v) is 13.5. The number of rotatable bonds is 5. The molecule has 0 unspecified atom stereocenters. The van der Waals surface area contributed by atoms with Crippen molar-refractivity contribution < 1.29 is 18.0 Å². The van der Waals surface area contributed by atoms with E-state index in [9.17, 15) is 18.0 Å². The third-order valence-electron chi connectivity index (χ3n) is 3.62. The number of amides is 1. The van der Waals surface area contributed by atoms with Crippen molar-refractivity contribution in [1.82, 2.24) is 4.90 Å². The summed E-state index contributed by atoms with van der Waals surface area (Å²) >= 11 is 0. The van der Waals surface area contributed by atoms with Crippen LogP contribution in [0.1, 0.15) is 16.7 Å². The lowest BCUT2D eigenvalue weighted by atomic mass is 10.1. The molecule has 1 amide bonds. The number of carbonyl (C=O) groups excluding carboxylic acids is 1. The summed E-state index contributed by atoms with van der Waals surface area (Å²) in [5, 5.41) is 2.35. The number of benzene rings is 2. The number of hydrogen-bond donors (Lipinski definition) is 1. The van der Waals surface area contributed by atoms with Gasteiger partial charge >= 0.3 is 6.18 Å². The van der Waals surface area contributed by atoms with E-state index in [2.05, 4.69) is 5.32 Å². The van der Waals surface area contributed by atoms with Gasteiger partial charge in [-0.25, -0.2) is 0 Å². The van der Waals surface area contributed by atoms with Crippen LogP contribution in [0.15, 0.2) is 48.5 Å². The summed E-state index contributed by atoms with van der Waals surface area (Å²) in [6, 6.07) is 12.7. The van der Waals surface area contributed by atoms with E-state index in [4.69, 9.17) is 0 Å². The first kappa shape index (κ1) is 18.0. The number of carbonyl (C=O) groups is 1. The summed E-state index contributed by atoms with van der Waals surface area (Å²) in [7, 11) is 1.75. The van der Waals surface area contributed by atoms with Crippen molar-refractivity contribution in [3.63, 3.8) is 0 Å². The molecule has 0 saturated carbocycles. The number of nitrogens with one attached hydrogen (secondary N) is 1. The third kappa shape index (κ3) is 4.83. The molecular weight excluding hydrogens is 317 g/mol. The Hall–Kier alpha value is -2.34. The molecule has 0 aliphatic heterocycles. The van der Waals surface area contributed by atoms with Crippen LogP contribution < -0.4 is 5.32 Å². The normalized spacial score (nSPS) is 11.6. The predicted molar refractivity (Wildman–Crippen MR) is 87.6 cm³/mol. The quantitative estimate of drug-likeness (QED) is 0.892. The maximum atomic E-state index is 12.9. The standard InChI is InChI=1S/C18H19F3N2O/c1-13-7-3-4-8-14(13)11-23(2)12-17(24)22-16-10-6-5-9-15(16)18(19,20)21/h3-10H,11-12H2,1-2H3,(H,22,24). The van der Waals surface area contributed by atoms with Gasteiger partial charge in [-0.1, -0.05) is 36.4 Å². The van der Waals surface area contributed by atoms with E-state index in [-0.39, 0.29) is 12.2 Å². The molecule has 2 aromatic rings. The number of halogens is 3. The van der Waals surface area contributed by atoms with Crippen molar-refractivity contribution in [2.45, 2.75) is 19.6 Å². The van der Waals surface area contributed by atoms with Gasteiger partial charge in [-0.3, -0.25) is 9.69 Å². The van der Waals surface area contributed by atoms with E-state index in [1.54, 1.807) is 11.9 Å². The van der Waals surface area contributed by atoms with Crippen LogP contribution in [0.4, 0.5) is 18.9 Å². The molecule has 0 fully saturated rings. The van der Waals surface area contributed by atoms with Gasteiger partial charge in [0.05, 0.1) is 17.8 Å². The summed E-state index contributed by atoms with van der Waals surface area (Å²) in [4.78, 5) is 13.8. The molecule has 1 N–H and O–H groups in total. The Balaban J connectivity index is 2.00. The highest BCUT2D eigenvalue weighted by molar-refractivity contribution is 5.93. The van der Waals surface area contributed by atoms with E-state index < -0.39 is 17.6 Å². The number of para-hydroxylation sites is 1. The molecule has 0 bridgehead atoms. The minimum atomic E-state index is -4.50. The van der Waals surface area contributed by atoms with Gasteiger partial charge in [-0.2, -0.15) is 13.2 Å². The van der Waals surface area contributed by atoms with Gasteiger partial charge < -0.3 is 5.32 Å². The fourth-order valence-electron chi connectivity index (χ4n) is 2.41. The number of hydrogen-bond acceptors (Lipinski definition) is 2. The zero-order chi connectivity index (χ0) is 17.7. The van der Waals surface area contributed by atoms with Crippen LogP contribution in [0, 0.1) is 6.92 Å². The van der Waals surface area contributed by atoms with Crippen molar-refractivity contribution in [3.8, 4) is 0 Å². The largest absolute Gasteiger partial charge is 0.418 e. The van der Waals surface area contributed by atoms with Crippen LogP contribution in [0.3, 0.4) is 0 Å². The van der Waals surface area contributed by atoms with Crippen molar-refractivity contribution in [2.75, 3.05) is 18.9 Å². The van der Waals surface area contributed by atoms with Crippen molar-refractivity contribution in [1.29, 1.82) is 0 Å². The van der Waals surface area contributed by atoms with Gasteiger partial charge in [0.1, 0.15) is 0 Å². The van der Waals surface area contributed by atoms with Gasteiger partial charge in [0.15, 0.2) is 0 Å². The van der Waals surface area contributed by atoms with E-state index in [0.29, 0.717) is 6.54 Å². The second kappa shape index (κ2) is 7.49. The molecule has 128 valence electrons. The Bertz CT molecular complexity index is 713. The molecule has 2 aromatic carbocycles. The molecule has 6 heteroatoms. The zero-order valence-electron chi connectivity index (χ0n) is 13.5. The topological polar surface area (TPSA) is 32.3 Å². The molecule has 0 saturated heterocycles. The third-order valence-corrected chi connectivity index (χ3v) is 3.62. The molecule has 0 heterocycles. The maximum absolute atomic E-state index is 12.9. The molecule has 0 atom stereocenters. The maximum Gasteiger partial charge on any atom is 0.418 e. The summed E-state index contributed by atoms with van der Waals surface area (Å²) < 4.78 is 38.8. The first-order valence-corrected chi connectivity index (χ1v) is 7.46. The number of anilines is 1. The average Bonchev–Trinajstić information content (AvgIpc) is 2.49. The van der Waals surface area contributed by atoms with Gasteiger partial charge in [0.2, 0.25) is 5.91 Å². The lowest BCUT2D eigenvalue weighted by Crippen LogP contribution is -2.30.